The van der Waals surface area contributed by atoms with Crippen molar-refractivity contribution < 1.29 is 0 Å². The molecule has 1 aromatic heterocycles. The first-order valence-electron chi connectivity index (χ1n) is 7.21. The maximum absolute atomic E-state index is 4.89. The van der Waals surface area contributed by atoms with Crippen LogP contribution in [0.5, 0.6) is 0 Å². The third-order valence-electron chi connectivity index (χ3n) is 3.82. The monoisotopic (exact) mass is 265 g/mol. The van der Waals surface area contributed by atoms with Crippen LogP contribution in [0.25, 0.3) is 0 Å². The molecule has 1 N–H and O–H groups in total. The van der Waals surface area contributed by atoms with Gasteiger partial charge in [0.25, 0.3) is 0 Å². The van der Waals surface area contributed by atoms with E-state index in [1.54, 1.807) is 0 Å². The van der Waals surface area contributed by atoms with Crippen molar-refractivity contribution in [2.45, 2.75) is 51.6 Å². The normalized spacial score (nSPS) is 19.2. The minimum atomic E-state index is 0.795. The van der Waals surface area contributed by atoms with Crippen molar-refractivity contribution >= 4 is 16.5 Å². The van der Waals surface area contributed by atoms with Gasteiger partial charge in [-0.2, -0.15) is 0 Å². The summed E-state index contributed by atoms with van der Waals surface area (Å²) in [6.45, 7) is 4.42. The van der Waals surface area contributed by atoms with Crippen LogP contribution in [-0.2, 0) is 13.0 Å². The molecule has 0 aromatic carbocycles. The molecule has 0 saturated heterocycles. The molecular weight excluding hydrogens is 242 g/mol. The van der Waals surface area contributed by atoms with Gasteiger partial charge >= 0.3 is 0 Å². The van der Waals surface area contributed by atoms with Gasteiger partial charge in [0.15, 0.2) is 5.13 Å². The molecule has 2 saturated carbocycles. The first-order chi connectivity index (χ1) is 8.81. The number of aryl methyl sites for hydroxylation is 1. The summed E-state index contributed by atoms with van der Waals surface area (Å²) < 4.78 is 0. The molecule has 0 bridgehead atoms. The lowest BCUT2D eigenvalue weighted by atomic mass is 10.3. The number of hydrogen-bond donors (Lipinski definition) is 1. The topological polar surface area (TPSA) is 28.2 Å². The van der Waals surface area contributed by atoms with E-state index in [1.807, 2.05) is 18.4 Å². The van der Waals surface area contributed by atoms with E-state index in [0.29, 0.717) is 0 Å². The summed E-state index contributed by atoms with van der Waals surface area (Å²) in [5, 5.41) is 4.54. The molecule has 0 spiro atoms. The number of thiazole rings is 1. The molecule has 0 radical (unpaired) electrons. The van der Waals surface area contributed by atoms with Crippen LogP contribution in [0.3, 0.4) is 0 Å². The Bertz CT molecular complexity index is 407. The number of aromatic nitrogens is 1. The van der Waals surface area contributed by atoms with E-state index in [9.17, 15) is 0 Å². The summed E-state index contributed by atoms with van der Waals surface area (Å²) in [5.41, 5.74) is 1.30. The fourth-order valence-electron chi connectivity index (χ4n) is 2.42. The summed E-state index contributed by atoms with van der Waals surface area (Å²) in [7, 11) is 2.02. The third kappa shape index (κ3) is 2.69. The molecule has 0 unspecified atom stereocenters. The first-order valence-corrected chi connectivity index (χ1v) is 8.03. The minimum Gasteiger partial charge on any atom is -0.345 e. The van der Waals surface area contributed by atoms with Crippen molar-refractivity contribution in [1.82, 2.24) is 10.3 Å². The SMILES string of the molecule is CCc1nc(N(CC2CC2)C2CC2)sc1CNC. The van der Waals surface area contributed by atoms with E-state index in [0.717, 1.165) is 24.9 Å². The van der Waals surface area contributed by atoms with Crippen molar-refractivity contribution in [3.63, 3.8) is 0 Å². The van der Waals surface area contributed by atoms with Crippen molar-refractivity contribution in [1.29, 1.82) is 0 Å². The van der Waals surface area contributed by atoms with Crippen LogP contribution in [0.15, 0.2) is 0 Å². The maximum Gasteiger partial charge on any atom is 0.186 e. The van der Waals surface area contributed by atoms with Crippen LogP contribution in [-0.4, -0.2) is 24.6 Å². The van der Waals surface area contributed by atoms with Crippen molar-refractivity contribution in [3.8, 4) is 0 Å². The van der Waals surface area contributed by atoms with Crippen molar-refractivity contribution in [2.75, 3.05) is 18.5 Å². The van der Waals surface area contributed by atoms with Crippen molar-refractivity contribution in [2.24, 2.45) is 5.92 Å². The molecule has 0 atom stereocenters. The highest BCUT2D eigenvalue weighted by atomic mass is 32.1. The average Bonchev–Trinajstić information content (AvgIpc) is 3.25. The van der Waals surface area contributed by atoms with Crippen molar-refractivity contribution in [3.05, 3.63) is 10.6 Å². The minimum absolute atomic E-state index is 0.795. The lowest BCUT2D eigenvalue weighted by Gasteiger charge is -2.21. The molecule has 18 heavy (non-hydrogen) atoms. The van der Waals surface area contributed by atoms with E-state index in [2.05, 4.69) is 17.1 Å². The molecule has 0 aliphatic heterocycles. The highest BCUT2D eigenvalue weighted by Crippen LogP contribution is 2.39. The lowest BCUT2D eigenvalue weighted by Crippen LogP contribution is -2.27. The molecule has 100 valence electrons. The van der Waals surface area contributed by atoms with Crippen LogP contribution in [0.4, 0.5) is 5.13 Å². The zero-order valence-corrected chi connectivity index (χ0v) is 12.2. The molecule has 4 heteroatoms. The Balaban J connectivity index is 1.78. The molecular formula is C14H23N3S. The predicted octanol–water partition coefficient (Wildman–Crippen LogP) is 2.80. The number of anilines is 1. The zero-order chi connectivity index (χ0) is 12.5. The Morgan fingerprint density at radius 1 is 1.33 bits per heavy atom. The average molecular weight is 265 g/mol. The molecule has 1 heterocycles. The Hall–Kier alpha value is -0.610. The van der Waals surface area contributed by atoms with Gasteiger partial charge in [0, 0.05) is 24.0 Å². The van der Waals surface area contributed by atoms with Crippen LogP contribution in [0.1, 0.15) is 43.2 Å². The molecule has 3 rings (SSSR count). The lowest BCUT2D eigenvalue weighted by molar-refractivity contribution is 0.714. The van der Waals surface area contributed by atoms with Crippen LogP contribution in [0.2, 0.25) is 0 Å². The van der Waals surface area contributed by atoms with E-state index >= 15 is 0 Å². The standard InChI is InChI=1S/C14H23N3S/c1-3-12-13(8-15-2)18-14(16-12)17(11-6-7-11)9-10-4-5-10/h10-11,15H,3-9H2,1-2H3. The van der Waals surface area contributed by atoms with E-state index in [4.69, 9.17) is 4.98 Å². The quantitative estimate of drug-likeness (QED) is 0.821. The number of rotatable bonds is 7. The Labute approximate surface area is 114 Å². The van der Waals surface area contributed by atoms with Crippen LogP contribution in [0, 0.1) is 5.92 Å². The summed E-state index contributed by atoms with van der Waals surface area (Å²) in [4.78, 5) is 8.92. The van der Waals surface area contributed by atoms with E-state index in [-0.39, 0.29) is 0 Å². The maximum atomic E-state index is 4.89. The third-order valence-corrected chi connectivity index (χ3v) is 4.96. The fraction of sp³-hybridized carbons (Fsp3) is 0.786. The van der Waals surface area contributed by atoms with Gasteiger partial charge in [-0.25, -0.2) is 4.98 Å². The van der Waals surface area contributed by atoms with E-state index < -0.39 is 0 Å². The van der Waals surface area contributed by atoms with Gasteiger partial charge in [-0.3, -0.25) is 0 Å². The largest absolute Gasteiger partial charge is 0.345 e. The van der Waals surface area contributed by atoms with Gasteiger partial charge < -0.3 is 10.2 Å². The molecule has 2 aliphatic carbocycles. The second kappa shape index (κ2) is 5.17. The Morgan fingerprint density at radius 3 is 2.67 bits per heavy atom. The van der Waals surface area contributed by atoms with Gasteiger partial charge in [0.1, 0.15) is 0 Å². The fourth-order valence-corrected chi connectivity index (χ4v) is 3.66. The molecule has 0 amide bonds. The zero-order valence-electron chi connectivity index (χ0n) is 11.4. The Kier molecular flexibility index (Phi) is 3.57. The summed E-state index contributed by atoms with van der Waals surface area (Å²) in [5.74, 6) is 0.951. The van der Waals surface area contributed by atoms with Gasteiger partial charge in [0.05, 0.1) is 5.69 Å². The smallest absolute Gasteiger partial charge is 0.186 e. The van der Waals surface area contributed by atoms with Crippen LogP contribution < -0.4 is 10.2 Å². The second-order valence-corrected chi connectivity index (χ2v) is 6.64. The number of nitrogens with zero attached hydrogens (tertiary/aromatic N) is 2. The summed E-state index contributed by atoms with van der Waals surface area (Å²) in [6.07, 6.45) is 6.65. The first kappa shape index (κ1) is 12.4. The van der Waals surface area contributed by atoms with E-state index in [1.165, 1.54) is 47.9 Å². The second-order valence-electron chi connectivity index (χ2n) is 5.58. The Morgan fingerprint density at radius 2 is 2.11 bits per heavy atom. The predicted molar refractivity (Wildman–Crippen MR) is 77.3 cm³/mol. The molecule has 3 nitrogen and oxygen atoms in total. The van der Waals surface area contributed by atoms with Gasteiger partial charge in [0.2, 0.25) is 0 Å². The number of nitrogens with one attached hydrogen (secondary N) is 1. The molecule has 1 aromatic rings. The summed E-state index contributed by atoms with van der Waals surface area (Å²) in [6, 6.07) is 0.795. The van der Waals surface area contributed by atoms with Gasteiger partial charge in [-0.05, 0) is 45.1 Å². The highest BCUT2D eigenvalue weighted by molar-refractivity contribution is 7.15. The van der Waals surface area contributed by atoms with Crippen LogP contribution >= 0.6 is 11.3 Å². The molecule has 2 aliphatic rings. The summed E-state index contributed by atoms with van der Waals surface area (Å²) >= 11 is 1.91. The number of hydrogen-bond acceptors (Lipinski definition) is 4. The highest BCUT2D eigenvalue weighted by Gasteiger charge is 2.35. The van der Waals surface area contributed by atoms with Gasteiger partial charge in [-0.1, -0.05) is 6.92 Å². The molecule has 2 fully saturated rings. The van der Waals surface area contributed by atoms with Gasteiger partial charge in [-0.15, -0.1) is 11.3 Å².